The van der Waals surface area contributed by atoms with E-state index < -0.39 is 0 Å². The third-order valence-electron chi connectivity index (χ3n) is 10.7. The zero-order valence-corrected chi connectivity index (χ0v) is 37.8. The molecule has 0 spiro atoms. The van der Waals surface area contributed by atoms with E-state index in [1.807, 2.05) is 0 Å². The number of rotatable bonds is 39. The van der Waals surface area contributed by atoms with Gasteiger partial charge in [-0.25, -0.2) is 0 Å². The topological polar surface area (TPSA) is 68.3 Å². The van der Waals surface area contributed by atoms with Crippen LogP contribution in [0.4, 0.5) is 0 Å². The molecule has 0 N–H and O–H groups in total. The highest BCUT2D eigenvalue weighted by atomic mass is 16.5. The van der Waals surface area contributed by atoms with Crippen LogP contribution in [0.2, 0.25) is 0 Å². The molecular weight excluding hydrogens is 709 g/mol. The van der Waals surface area contributed by atoms with Crippen LogP contribution in [0.15, 0.2) is 48.6 Å². The summed E-state index contributed by atoms with van der Waals surface area (Å²) in [4.78, 5) is 29.9. The highest BCUT2D eigenvalue weighted by molar-refractivity contribution is 5.70. The smallest absolute Gasteiger partial charge is 0.307 e. The molecule has 1 aliphatic heterocycles. The van der Waals surface area contributed by atoms with Crippen LogP contribution in [0, 0.1) is 0 Å². The minimum Gasteiger partial charge on any atom is -0.466 e. The Morgan fingerprint density at radius 2 is 0.895 bits per heavy atom. The predicted octanol–water partition coefficient (Wildman–Crippen LogP) is 12.9. The number of nitrogens with zero attached hydrogens (tertiary/aromatic N) is 2. The molecule has 0 aromatic carbocycles. The lowest BCUT2D eigenvalue weighted by Gasteiger charge is -2.36. The number of hydrogen-bond donors (Lipinski definition) is 0. The number of hydrogen-bond acceptors (Lipinski definition) is 7. The van der Waals surface area contributed by atoms with Crippen molar-refractivity contribution in [3.05, 3.63) is 48.6 Å². The van der Waals surface area contributed by atoms with Crippen LogP contribution in [-0.4, -0.2) is 86.4 Å². The Bertz CT molecular complexity index is 964. The second-order valence-electron chi connectivity index (χ2n) is 16.5. The van der Waals surface area contributed by atoms with Gasteiger partial charge in [0.15, 0.2) is 0 Å². The van der Waals surface area contributed by atoms with E-state index in [0.717, 1.165) is 64.7 Å². The molecule has 0 radical (unpaired) electrons. The summed E-state index contributed by atoms with van der Waals surface area (Å²) in [6.45, 7) is 14.4. The summed E-state index contributed by atoms with van der Waals surface area (Å²) in [6, 6.07) is 0. The second kappa shape index (κ2) is 40.6. The van der Waals surface area contributed by atoms with Gasteiger partial charge in [-0.05, 0) is 90.9 Å². The van der Waals surface area contributed by atoms with Gasteiger partial charge in [0.1, 0.15) is 0 Å². The number of carbonyl (C=O) groups is 2. The summed E-state index contributed by atoms with van der Waals surface area (Å²) >= 11 is 0. The average molecular weight is 799 g/mol. The fraction of sp³-hybridized carbons (Fsp3) is 0.800. The molecule has 1 rings (SSSR count). The van der Waals surface area contributed by atoms with Crippen molar-refractivity contribution in [3.8, 4) is 0 Å². The Labute approximate surface area is 352 Å². The molecule has 0 saturated carbocycles. The van der Waals surface area contributed by atoms with Crippen LogP contribution < -0.4 is 0 Å². The van der Waals surface area contributed by atoms with E-state index in [1.165, 1.54) is 116 Å². The minimum atomic E-state index is -0.142. The van der Waals surface area contributed by atoms with Gasteiger partial charge in [-0.3, -0.25) is 14.5 Å². The standard InChI is InChI=1S/C50H90N2O5/c1-5-7-9-11-13-15-17-19-21-23-25-27-29-31-33-35-43-55-49(53)37-39-51(41-42-52-45-47(3)57-48(4)46-52)40-38-50(54)56-44-36-34-32-30-28-26-24-22-20-18-16-14-12-10-8-6-2/h13-16,19-22,47-48H,5-12,17-18,23-46H2,1-4H3/b15-13-,16-14-,21-19-,22-20-. The lowest BCUT2D eigenvalue weighted by molar-refractivity contribution is -0.144. The number of carbonyl (C=O) groups excluding carboxylic acids is 2. The summed E-state index contributed by atoms with van der Waals surface area (Å²) in [5.41, 5.74) is 0. The molecule has 1 saturated heterocycles. The lowest BCUT2D eigenvalue weighted by Crippen LogP contribution is -2.48. The Morgan fingerprint density at radius 3 is 1.30 bits per heavy atom. The van der Waals surface area contributed by atoms with Crippen molar-refractivity contribution in [1.82, 2.24) is 9.80 Å². The maximum Gasteiger partial charge on any atom is 0.307 e. The Hall–Kier alpha value is -2.22. The monoisotopic (exact) mass is 799 g/mol. The predicted molar refractivity (Wildman–Crippen MR) is 243 cm³/mol. The molecular formula is C50H90N2O5. The molecule has 2 unspecified atom stereocenters. The number of allylic oxidation sites excluding steroid dienone is 8. The van der Waals surface area contributed by atoms with Gasteiger partial charge in [-0.15, -0.1) is 0 Å². The van der Waals surface area contributed by atoms with E-state index in [4.69, 9.17) is 14.2 Å². The van der Waals surface area contributed by atoms with Crippen LogP contribution >= 0.6 is 0 Å². The van der Waals surface area contributed by atoms with Crippen LogP contribution in [0.25, 0.3) is 0 Å². The third kappa shape index (κ3) is 36.6. The second-order valence-corrected chi connectivity index (χ2v) is 16.5. The van der Waals surface area contributed by atoms with Crippen molar-refractivity contribution in [2.24, 2.45) is 0 Å². The Balaban J connectivity index is 2.18. The quantitative estimate of drug-likeness (QED) is 0.0348. The van der Waals surface area contributed by atoms with Crippen molar-refractivity contribution in [2.45, 2.75) is 207 Å². The van der Waals surface area contributed by atoms with Crippen LogP contribution in [-0.2, 0) is 23.8 Å². The number of unbranched alkanes of at least 4 members (excludes halogenated alkanes) is 18. The van der Waals surface area contributed by atoms with E-state index in [1.54, 1.807) is 0 Å². The van der Waals surface area contributed by atoms with Gasteiger partial charge >= 0.3 is 11.9 Å². The molecule has 0 aromatic rings. The molecule has 0 amide bonds. The van der Waals surface area contributed by atoms with Crippen molar-refractivity contribution >= 4 is 11.9 Å². The van der Waals surface area contributed by atoms with Gasteiger partial charge in [-0.2, -0.15) is 0 Å². The lowest BCUT2D eigenvalue weighted by atomic mass is 10.1. The van der Waals surface area contributed by atoms with Crippen LogP contribution in [0.5, 0.6) is 0 Å². The van der Waals surface area contributed by atoms with Gasteiger partial charge in [-0.1, -0.05) is 140 Å². The van der Waals surface area contributed by atoms with Crippen molar-refractivity contribution in [3.63, 3.8) is 0 Å². The fourth-order valence-corrected chi connectivity index (χ4v) is 7.28. The minimum absolute atomic E-state index is 0.142. The molecule has 2 atom stereocenters. The molecule has 1 fully saturated rings. The maximum atomic E-state index is 12.6. The van der Waals surface area contributed by atoms with Crippen LogP contribution in [0.1, 0.15) is 195 Å². The number of ether oxygens (including phenoxy) is 3. The maximum absolute atomic E-state index is 12.6. The molecule has 1 heterocycles. The number of morpholine rings is 1. The van der Waals surface area contributed by atoms with E-state index in [0.29, 0.717) is 39.1 Å². The van der Waals surface area contributed by atoms with Gasteiger partial charge in [0.25, 0.3) is 0 Å². The molecule has 7 heteroatoms. The number of esters is 2. The van der Waals surface area contributed by atoms with Crippen LogP contribution in [0.3, 0.4) is 0 Å². The van der Waals surface area contributed by atoms with Crippen molar-refractivity contribution in [1.29, 1.82) is 0 Å². The zero-order valence-electron chi connectivity index (χ0n) is 37.8. The summed E-state index contributed by atoms with van der Waals surface area (Å²) in [7, 11) is 0. The van der Waals surface area contributed by atoms with Crippen molar-refractivity contribution < 1.29 is 23.8 Å². The van der Waals surface area contributed by atoms with Gasteiger partial charge in [0.05, 0.1) is 38.3 Å². The fourth-order valence-electron chi connectivity index (χ4n) is 7.28. The molecule has 0 aromatic heterocycles. The van der Waals surface area contributed by atoms with Gasteiger partial charge < -0.3 is 19.1 Å². The summed E-state index contributed by atoms with van der Waals surface area (Å²) < 4.78 is 17.1. The van der Waals surface area contributed by atoms with E-state index in [-0.39, 0.29) is 24.1 Å². The third-order valence-corrected chi connectivity index (χ3v) is 10.7. The molecule has 0 bridgehead atoms. The normalized spacial score (nSPS) is 16.6. The van der Waals surface area contributed by atoms with E-state index in [9.17, 15) is 9.59 Å². The highest BCUT2D eigenvalue weighted by Crippen LogP contribution is 2.13. The van der Waals surface area contributed by atoms with Gasteiger partial charge in [0, 0.05) is 39.3 Å². The zero-order chi connectivity index (χ0) is 41.3. The average Bonchev–Trinajstić information content (AvgIpc) is 3.19. The Morgan fingerprint density at radius 1 is 0.526 bits per heavy atom. The Kier molecular flexibility index (Phi) is 37.6. The summed E-state index contributed by atoms with van der Waals surface area (Å²) in [5, 5.41) is 0. The molecule has 57 heavy (non-hydrogen) atoms. The van der Waals surface area contributed by atoms with Crippen molar-refractivity contribution in [2.75, 3.05) is 52.5 Å². The first kappa shape index (κ1) is 52.8. The molecule has 330 valence electrons. The highest BCUT2D eigenvalue weighted by Gasteiger charge is 2.23. The molecule has 1 aliphatic rings. The summed E-state index contributed by atoms with van der Waals surface area (Å²) in [5.74, 6) is -0.285. The van der Waals surface area contributed by atoms with E-state index in [2.05, 4.69) is 86.1 Å². The first-order chi connectivity index (χ1) is 27.9. The molecule has 7 nitrogen and oxygen atoms in total. The first-order valence-corrected chi connectivity index (χ1v) is 24.0. The van der Waals surface area contributed by atoms with Gasteiger partial charge in [0.2, 0.25) is 0 Å². The van der Waals surface area contributed by atoms with E-state index >= 15 is 0 Å². The summed E-state index contributed by atoms with van der Waals surface area (Å²) in [6.07, 6.45) is 48.3. The first-order valence-electron chi connectivity index (χ1n) is 24.0. The SMILES string of the molecule is CCCCC/C=C\C/C=C\CCCCCCCCOC(=O)CCN(CCC(=O)OCCCCCCCC/C=C\C/C=C\CCCCC)CCN1CC(C)OC(C)C1. The molecule has 0 aliphatic carbocycles. The largest absolute Gasteiger partial charge is 0.466 e.